The Balaban J connectivity index is 1.98. The number of nitrogens with zero attached hydrogens (tertiary/aromatic N) is 1. The average Bonchev–Trinajstić information content (AvgIpc) is 2.85. The molecule has 2 rings (SSSR count). The number of rotatable bonds is 5. The number of aliphatic carboxylic acids is 1. The molecule has 1 aliphatic carbocycles. The lowest BCUT2D eigenvalue weighted by molar-refractivity contribution is -0.139. The van der Waals surface area contributed by atoms with Gasteiger partial charge in [0.25, 0.3) is 0 Å². The van der Waals surface area contributed by atoms with Crippen LogP contribution in [0.3, 0.4) is 0 Å². The first kappa shape index (κ1) is 13.5. The molecule has 2 N–H and O–H groups in total. The predicted octanol–water partition coefficient (Wildman–Crippen LogP) is 2.41. The van der Waals surface area contributed by atoms with Crippen LogP contribution in [0.2, 0.25) is 0 Å². The molecule has 0 radical (unpaired) electrons. The van der Waals surface area contributed by atoms with Crippen molar-refractivity contribution in [3.63, 3.8) is 0 Å². The third-order valence-electron chi connectivity index (χ3n) is 3.62. The van der Waals surface area contributed by atoms with Crippen molar-refractivity contribution in [2.24, 2.45) is 0 Å². The summed E-state index contributed by atoms with van der Waals surface area (Å²) in [7, 11) is 1.68. The highest BCUT2D eigenvalue weighted by molar-refractivity contribution is 7.09. The molecule has 1 unspecified atom stereocenters. The van der Waals surface area contributed by atoms with E-state index >= 15 is 0 Å². The van der Waals surface area contributed by atoms with Crippen LogP contribution in [-0.4, -0.2) is 29.1 Å². The molecule has 0 aliphatic heterocycles. The zero-order chi connectivity index (χ0) is 13.0. The van der Waals surface area contributed by atoms with Gasteiger partial charge in [0.15, 0.2) is 0 Å². The first-order chi connectivity index (χ1) is 8.70. The lowest BCUT2D eigenvalue weighted by Crippen LogP contribution is -2.35. The number of thiazole rings is 1. The van der Waals surface area contributed by atoms with Gasteiger partial charge in [-0.25, -0.2) is 4.98 Å². The number of likely N-dealkylation sites (N-methyl/N-ethyl adjacent to an activating group) is 1. The van der Waals surface area contributed by atoms with Gasteiger partial charge in [0.2, 0.25) is 0 Å². The summed E-state index contributed by atoms with van der Waals surface area (Å²) in [4.78, 5) is 15.6. The second-order valence-electron chi connectivity index (χ2n) is 4.88. The zero-order valence-corrected chi connectivity index (χ0v) is 11.5. The monoisotopic (exact) mass is 268 g/mol. The van der Waals surface area contributed by atoms with E-state index in [0.29, 0.717) is 12.3 Å². The van der Waals surface area contributed by atoms with Crippen LogP contribution in [0.4, 0.5) is 0 Å². The predicted molar refractivity (Wildman–Crippen MR) is 72.1 cm³/mol. The quantitative estimate of drug-likeness (QED) is 0.861. The summed E-state index contributed by atoms with van der Waals surface area (Å²) < 4.78 is 0. The van der Waals surface area contributed by atoms with Crippen molar-refractivity contribution in [1.82, 2.24) is 10.3 Å². The van der Waals surface area contributed by atoms with E-state index in [1.165, 1.54) is 37.8 Å². The Labute approximate surface area is 111 Å². The van der Waals surface area contributed by atoms with Crippen molar-refractivity contribution in [3.8, 4) is 0 Å². The van der Waals surface area contributed by atoms with Gasteiger partial charge >= 0.3 is 5.97 Å². The number of nitrogens with one attached hydrogen (secondary N) is 1. The summed E-state index contributed by atoms with van der Waals surface area (Å²) >= 11 is 1.59. The molecule has 0 spiro atoms. The Hall–Kier alpha value is -0.940. The Kier molecular flexibility index (Phi) is 4.72. The zero-order valence-electron chi connectivity index (χ0n) is 10.7. The molecule has 0 bridgehead atoms. The Morgan fingerprint density at radius 1 is 1.56 bits per heavy atom. The van der Waals surface area contributed by atoms with E-state index in [4.69, 9.17) is 5.11 Å². The minimum Gasteiger partial charge on any atom is -0.480 e. The smallest absolute Gasteiger partial charge is 0.321 e. The third-order valence-corrected chi connectivity index (χ3v) is 4.51. The van der Waals surface area contributed by atoms with Crippen LogP contribution in [0.15, 0.2) is 5.38 Å². The standard InChI is InChI=1S/C13H20N2O2S/c1-14-10(13(16)17)7-12-15-11(8-18-12)9-5-3-2-4-6-9/h8-10,14H,2-7H2,1H3,(H,16,17). The van der Waals surface area contributed by atoms with Crippen molar-refractivity contribution >= 4 is 17.3 Å². The highest BCUT2D eigenvalue weighted by atomic mass is 32.1. The number of carboxylic acid groups (broad SMARTS) is 1. The fraction of sp³-hybridized carbons (Fsp3) is 0.692. The number of carbonyl (C=O) groups is 1. The van der Waals surface area contributed by atoms with Gasteiger partial charge < -0.3 is 10.4 Å². The van der Waals surface area contributed by atoms with Gasteiger partial charge in [0, 0.05) is 17.7 Å². The van der Waals surface area contributed by atoms with Crippen molar-refractivity contribution in [2.45, 2.75) is 50.5 Å². The summed E-state index contributed by atoms with van der Waals surface area (Å²) in [5.41, 5.74) is 1.18. The molecule has 0 saturated heterocycles. The first-order valence-electron chi connectivity index (χ1n) is 6.55. The van der Waals surface area contributed by atoms with Crippen molar-refractivity contribution < 1.29 is 9.90 Å². The topological polar surface area (TPSA) is 62.2 Å². The second kappa shape index (κ2) is 6.29. The van der Waals surface area contributed by atoms with E-state index in [9.17, 15) is 4.79 Å². The summed E-state index contributed by atoms with van der Waals surface area (Å²) in [5.74, 6) is -0.214. The van der Waals surface area contributed by atoms with E-state index in [2.05, 4.69) is 15.7 Å². The minimum atomic E-state index is -0.813. The molecule has 0 aromatic carbocycles. The Bertz CT molecular complexity index is 399. The molecule has 18 heavy (non-hydrogen) atoms. The van der Waals surface area contributed by atoms with Crippen molar-refractivity contribution in [3.05, 3.63) is 16.1 Å². The van der Waals surface area contributed by atoms with Gasteiger partial charge in [-0.3, -0.25) is 4.79 Å². The maximum atomic E-state index is 11.0. The van der Waals surface area contributed by atoms with Gasteiger partial charge in [-0.15, -0.1) is 11.3 Å². The van der Waals surface area contributed by atoms with Crippen LogP contribution >= 0.6 is 11.3 Å². The summed E-state index contributed by atoms with van der Waals surface area (Å²) in [6.07, 6.45) is 6.88. The summed E-state index contributed by atoms with van der Waals surface area (Å²) in [5, 5.41) is 14.8. The molecule has 4 nitrogen and oxygen atoms in total. The van der Waals surface area contributed by atoms with Gasteiger partial charge in [-0.2, -0.15) is 0 Å². The largest absolute Gasteiger partial charge is 0.480 e. The Morgan fingerprint density at radius 2 is 2.28 bits per heavy atom. The lowest BCUT2D eigenvalue weighted by Gasteiger charge is -2.19. The lowest BCUT2D eigenvalue weighted by atomic mass is 9.87. The number of carboxylic acids is 1. The Morgan fingerprint density at radius 3 is 2.89 bits per heavy atom. The van der Waals surface area contributed by atoms with Crippen LogP contribution < -0.4 is 5.32 Å². The van der Waals surface area contributed by atoms with Gasteiger partial charge in [-0.1, -0.05) is 19.3 Å². The fourth-order valence-corrected chi connectivity index (χ4v) is 3.42. The molecule has 1 aromatic rings. The molecule has 1 aliphatic rings. The molecule has 1 heterocycles. The molecular weight excluding hydrogens is 248 g/mol. The molecule has 5 heteroatoms. The van der Waals surface area contributed by atoms with Gasteiger partial charge in [-0.05, 0) is 19.9 Å². The molecule has 0 amide bonds. The fourth-order valence-electron chi connectivity index (χ4n) is 2.49. The van der Waals surface area contributed by atoms with Crippen LogP contribution in [0, 0.1) is 0 Å². The molecule has 100 valence electrons. The number of hydrogen-bond acceptors (Lipinski definition) is 4. The highest BCUT2D eigenvalue weighted by Crippen LogP contribution is 2.33. The van der Waals surface area contributed by atoms with E-state index < -0.39 is 12.0 Å². The van der Waals surface area contributed by atoms with Gasteiger partial charge in [0.05, 0.1) is 10.7 Å². The summed E-state index contributed by atoms with van der Waals surface area (Å²) in [6, 6.07) is -0.532. The highest BCUT2D eigenvalue weighted by Gasteiger charge is 2.21. The van der Waals surface area contributed by atoms with E-state index in [-0.39, 0.29) is 0 Å². The average molecular weight is 268 g/mol. The molecule has 1 fully saturated rings. The van der Waals surface area contributed by atoms with Crippen molar-refractivity contribution in [1.29, 1.82) is 0 Å². The molecule has 1 aromatic heterocycles. The van der Waals surface area contributed by atoms with Crippen molar-refractivity contribution in [2.75, 3.05) is 7.05 Å². The van der Waals surface area contributed by atoms with E-state index in [1.54, 1.807) is 18.4 Å². The third kappa shape index (κ3) is 3.29. The first-order valence-corrected chi connectivity index (χ1v) is 7.43. The van der Waals surface area contributed by atoms with E-state index in [1.807, 2.05) is 0 Å². The molecular formula is C13H20N2O2S. The number of aromatic nitrogens is 1. The van der Waals surface area contributed by atoms with Crippen LogP contribution in [0.25, 0.3) is 0 Å². The second-order valence-corrected chi connectivity index (χ2v) is 5.83. The molecule has 1 saturated carbocycles. The van der Waals surface area contributed by atoms with E-state index in [0.717, 1.165) is 5.01 Å². The number of hydrogen-bond donors (Lipinski definition) is 2. The molecule has 1 atom stereocenters. The summed E-state index contributed by atoms with van der Waals surface area (Å²) in [6.45, 7) is 0. The minimum absolute atomic E-state index is 0.475. The maximum absolute atomic E-state index is 11.0. The van der Waals surface area contributed by atoms with Crippen LogP contribution in [-0.2, 0) is 11.2 Å². The SMILES string of the molecule is CNC(Cc1nc(C2CCCCC2)cs1)C(=O)O. The van der Waals surface area contributed by atoms with Crippen LogP contribution in [0.5, 0.6) is 0 Å². The van der Waals surface area contributed by atoms with Gasteiger partial charge in [0.1, 0.15) is 6.04 Å². The maximum Gasteiger partial charge on any atom is 0.321 e. The van der Waals surface area contributed by atoms with Crippen LogP contribution in [0.1, 0.15) is 48.7 Å². The normalized spacial score (nSPS) is 18.7.